The number of fused-ring (bicyclic) bond motifs is 1. The maximum atomic E-state index is 14.2. The number of aliphatic hydroxyl groups excluding tert-OH is 1. The van der Waals surface area contributed by atoms with Gasteiger partial charge in [-0.3, -0.25) is 14.4 Å². The summed E-state index contributed by atoms with van der Waals surface area (Å²) >= 11 is 1.71. The number of nitrogens with zero attached hydrogens (tertiary/aromatic N) is 3. The van der Waals surface area contributed by atoms with Gasteiger partial charge >= 0.3 is 0 Å². The maximum absolute atomic E-state index is 14.2. The molecule has 1 spiro atoms. The van der Waals surface area contributed by atoms with Crippen LogP contribution in [-0.2, 0) is 14.4 Å². The lowest BCUT2D eigenvalue weighted by Crippen LogP contribution is -2.56. The van der Waals surface area contributed by atoms with Gasteiger partial charge in [0.05, 0.1) is 16.6 Å². The van der Waals surface area contributed by atoms with Gasteiger partial charge in [-0.1, -0.05) is 25.5 Å². The second kappa shape index (κ2) is 11.3. The van der Waals surface area contributed by atoms with E-state index in [1.54, 1.807) is 40.8 Å². The number of amides is 3. The Balaban J connectivity index is 2.00. The van der Waals surface area contributed by atoms with Crippen LogP contribution in [0.4, 0.5) is 0 Å². The van der Waals surface area contributed by atoms with Crippen LogP contribution in [0.5, 0.6) is 0 Å². The van der Waals surface area contributed by atoms with E-state index in [0.29, 0.717) is 32.5 Å². The van der Waals surface area contributed by atoms with Gasteiger partial charge in [-0.25, -0.2) is 0 Å². The van der Waals surface area contributed by atoms with E-state index >= 15 is 0 Å². The molecule has 190 valence electrons. The summed E-state index contributed by atoms with van der Waals surface area (Å²) in [6, 6.07) is -0.541. The van der Waals surface area contributed by atoms with Crippen LogP contribution in [0, 0.1) is 11.8 Å². The third-order valence-electron chi connectivity index (χ3n) is 7.75. The summed E-state index contributed by atoms with van der Waals surface area (Å²) in [5.41, 5.74) is 0. The molecule has 3 unspecified atom stereocenters. The maximum Gasteiger partial charge on any atom is 0.247 e. The Hall–Kier alpha value is -1.80. The summed E-state index contributed by atoms with van der Waals surface area (Å²) < 4.78 is -0.571. The number of thioether (sulfide) groups is 1. The molecule has 0 aromatic carbocycles. The lowest BCUT2D eigenvalue weighted by atomic mass is 9.70. The van der Waals surface area contributed by atoms with E-state index in [0.717, 1.165) is 25.7 Å². The zero-order valence-corrected chi connectivity index (χ0v) is 21.8. The van der Waals surface area contributed by atoms with Gasteiger partial charge in [0.15, 0.2) is 0 Å². The lowest BCUT2D eigenvalue weighted by molar-refractivity contribution is -0.145. The first-order valence-electron chi connectivity index (χ1n) is 12.6. The Kier molecular flexibility index (Phi) is 8.90. The molecule has 0 saturated carbocycles. The van der Waals surface area contributed by atoms with Crippen molar-refractivity contribution in [3.05, 3.63) is 25.3 Å². The van der Waals surface area contributed by atoms with Crippen LogP contribution in [0.3, 0.4) is 0 Å². The molecule has 0 aliphatic carbocycles. The Morgan fingerprint density at radius 3 is 2.59 bits per heavy atom. The number of carbonyl (C=O) groups is 3. The van der Waals surface area contributed by atoms with Crippen LogP contribution in [0.2, 0.25) is 0 Å². The molecule has 3 aliphatic rings. The van der Waals surface area contributed by atoms with Crippen molar-refractivity contribution in [2.75, 3.05) is 33.3 Å². The summed E-state index contributed by atoms with van der Waals surface area (Å²) in [5.74, 6) is -1.01. The molecule has 7 nitrogen and oxygen atoms in total. The molecule has 3 aliphatic heterocycles. The van der Waals surface area contributed by atoms with Gasteiger partial charge in [-0.05, 0) is 39.0 Å². The molecular weight excluding hydrogens is 450 g/mol. The zero-order chi connectivity index (χ0) is 25.0. The van der Waals surface area contributed by atoms with Crippen LogP contribution in [0.1, 0.15) is 52.4 Å². The molecule has 0 aromatic heterocycles. The summed E-state index contributed by atoms with van der Waals surface area (Å²) in [6.07, 6.45) is 8.10. The highest BCUT2D eigenvalue weighted by atomic mass is 32.2. The normalized spacial score (nSPS) is 30.2. The van der Waals surface area contributed by atoms with Crippen molar-refractivity contribution in [1.29, 1.82) is 0 Å². The Labute approximate surface area is 208 Å². The van der Waals surface area contributed by atoms with Gasteiger partial charge < -0.3 is 19.8 Å². The minimum atomic E-state index is -0.583. The number of hydrogen-bond donors (Lipinski definition) is 1. The highest BCUT2D eigenvalue weighted by Gasteiger charge is 2.73. The predicted octanol–water partition coefficient (Wildman–Crippen LogP) is 2.70. The first-order chi connectivity index (χ1) is 16.3. The standard InChI is InChI=1S/C26H41N3O4S/c1-6-11-18(4)28(15-8-3)25(33)22-26-13-12-19(34-26)20(23(31)27(5)14-7-2)21(26)24(32)29(22)16-9-10-17-30/h7-8,18-22,30H,2-3,6,9-17H2,1,4-5H3/t18?,19-,20+,21+,22?,26?/m1/s1. The van der Waals surface area contributed by atoms with Crippen molar-refractivity contribution in [2.24, 2.45) is 11.8 Å². The van der Waals surface area contributed by atoms with Gasteiger partial charge in [-0.2, -0.15) is 0 Å². The minimum Gasteiger partial charge on any atom is -0.396 e. The smallest absolute Gasteiger partial charge is 0.247 e. The second-order valence-corrected chi connectivity index (χ2v) is 11.5. The fourth-order valence-electron chi connectivity index (χ4n) is 6.24. The van der Waals surface area contributed by atoms with E-state index in [1.165, 1.54) is 0 Å². The third kappa shape index (κ3) is 4.55. The molecule has 2 bridgehead atoms. The zero-order valence-electron chi connectivity index (χ0n) is 20.9. The van der Waals surface area contributed by atoms with E-state index in [4.69, 9.17) is 0 Å². The molecule has 0 aromatic rings. The second-order valence-electron chi connectivity index (χ2n) is 9.94. The minimum absolute atomic E-state index is 0.0250. The fourth-order valence-corrected chi connectivity index (χ4v) is 8.45. The van der Waals surface area contributed by atoms with E-state index < -0.39 is 22.6 Å². The van der Waals surface area contributed by atoms with Crippen molar-refractivity contribution in [2.45, 2.75) is 74.5 Å². The van der Waals surface area contributed by atoms with Gasteiger partial charge in [0.1, 0.15) is 6.04 Å². The van der Waals surface area contributed by atoms with Crippen LogP contribution in [0.15, 0.2) is 25.3 Å². The molecule has 3 amide bonds. The van der Waals surface area contributed by atoms with Crippen molar-refractivity contribution in [3.63, 3.8) is 0 Å². The molecular formula is C26H41N3O4S. The average molecular weight is 492 g/mol. The van der Waals surface area contributed by atoms with Crippen LogP contribution in [-0.4, -0.2) is 92.9 Å². The first-order valence-corrected chi connectivity index (χ1v) is 13.5. The number of rotatable bonds is 13. The Morgan fingerprint density at radius 1 is 1.26 bits per heavy atom. The van der Waals surface area contributed by atoms with E-state index in [2.05, 4.69) is 27.0 Å². The molecule has 3 saturated heterocycles. The summed E-state index contributed by atoms with van der Waals surface area (Å²) in [4.78, 5) is 46.8. The van der Waals surface area contributed by atoms with Crippen LogP contribution >= 0.6 is 11.8 Å². The number of aliphatic hydroxyl groups is 1. The first kappa shape index (κ1) is 26.8. The predicted molar refractivity (Wildman–Crippen MR) is 136 cm³/mol. The van der Waals surface area contributed by atoms with E-state index in [9.17, 15) is 19.5 Å². The van der Waals surface area contributed by atoms with Crippen molar-refractivity contribution in [1.82, 2.24) is 14.7 Å². The number of unbranched alkanes of at least 4 members (excludes halogenated alkanes) is 1. The summed E-state index contributed by atoms with van der Waals surface area (Å²) in [7, 11) is 1.76. The number of likely N-dealkylation sites (tertiary alicyclic amines) is 1. The molecule has 6 atom stereocenters. The largest absolute Gasteiger partial charge is 0.396 e. The van der Waals surface area contributed by atoms with Gasteiger partial charge in [-0.15, -0.1) is 24.9 Å². The number of hydrogen-bond acceptors (Lipinski definition) is 5. The van der Waals surface area contributed by atoms with Crippen LogP contribution in [0.25, 0.3) is 0 Å². The number of carbonyl (C=O) groups excluding carboxylic acids is 3. The van der Waals surface area contributed by atoms with Gasteiger partial charge in [0.2, 0.25) is 17.7 Å². The fraction of sp³-hybridized carbons (Fsp3) is 0.731. The molecule has 3 rings (SSSR count). The molecule has 0 radical (unpaired) electrons. The molecule has 3 fully saturated rings. The van der Waals surface area contributed by atoms with Crippen molar-refractivity contribution < 1.29 is 19.5 Å². The van der Waals surface area contributed by atoms with Crippen molar-refractivity contribution >= 4 is 29.5 Å². The average Bonchev–Trinajstić information content (AvgIpc) is 3.44. The summed E-state index contributed by atoms with van der Waals surface area (Å²) in [5, 5.41) is 9.37. The lowest BCUT2D eigenvalue weighted by Gasteiger charge is -2.39. The Bertz CT molecular complexity index is 805. The highest BCUT2D eigenvalue weighted by molar-refractivity contribution is 8.02. The summed E-state index contributed by atoms with van der Waals surface area (Å²) in [6.45, 7) is 13.1. The topological polar surface area (TPSA) is 81.2 Å². The van der Waals surface area contributed by atoms with E-state index in [1.807, 2.05) is 4.90 Å². The molecule has 3 heterocycles. The van der Waals surface area contributed by atoms with Gasteiger partial charge in [0, 0.05) is 44.6 Å². The van der Waals surface area contributed by atoms with Crippen LogP contribution < -0.4 is 0 Å². The quantitative estimate of drug-likeness (QED) is 0.317. The Morgan fingerprint density at radius 2 is 1.97 bits per heavy atom. The third-order valence-corrected chi connectivity index (χ3v) is 9.70. The SMILES string of the molecule is C=CCN(C)C(=O)[C@@H]1[C@H]2C(=O)N(CCCCO)C(C(=O)N(CC=C)C(C)CCC)C23CC[C@H]1S3. The molecule has 34 heavy (non-hydrogen) atoms. The highest BCUT2D eigenvalue weighted by Crippen LogP contribution is 2.66. The molecule has 8 heteroatoms. The molecule has 1 N–H and O–H groups in total. The van der Waals surface area contributed by atoms with E-state index in [-0.39, 0.29) is 35.6 Å². The monoisotopic (exact) mass is 491 g/mol. The van der Waals surface area contributed by atoms with Gasteiger partial charge in [0.25, 0.3) is 0 Å². The van der Waals surface area contributed by atoms with Crippen molar-refractivity contribution in [3.8, 4) is 0 Å². The number of likely N-dealkylation sites (N-methyl/N-ethyl adjacent to an activating group) is 1.